The molecular weight excluding hydrogens is 386 g/mol. The van der Waals surface area contributed by atoms with Crippen molar-refractivity contribution in [2.75, 3.05) is 26.2 Å². The van der Waals surface area contributed by atoms with Crippen LogP contribution in [0.3, 0.4) is 0 Å². The number of para-hydroxylation sites is 1. The number of fused-ring (bicyclic) bond motifs is 1. The minimum atomic E-state index is 0.0116. The first-order valence-corrected chi connectivity index (χ1v) is 10.6. The maximum Gasteiger partial charge on any atom is 0.257 e. The van der Waals surface area contributed by atoms with E-state index < -0.39 is 0 Å². The van der Waals surface area contributed by atoms with E-state index in [1.807, 2.05) is 54.3 Å². The number of carbonyl (C=O) groups is 2. The molecule has 0 unspecified atom stereocenters. The van der Waals surface area contributed by atoms with Gasteiger partial charge in [0, 0.05) is 44.4 Å². The van der Waals surface area contributed by atoms with Gasteiger partial charge in [-0.3, -0.25) is 9.59 Å². The number of piperazine rings is 1. The number of aryl methyl sites for hydroxylation is 1. The Morgan fingerprint density at radius 3 is 2.52 bits per heavy atom. The van der Waals surface area contributed by atoms with Crippen LogP contribution in [0, 0.1) is 6.92 Å². The number of rotatable bonds is 4. The molecule has 1 aliphatic heterocycles. The van der Waals surface area contributed by atoms with Crippen LogP contribution in [0.15, 0.2) is 52.1 Å². The highest BCUT2D eigenvalue weighted by molar-refractivity contribution is 7.98. The molecule has 1 saturated heterocycles. The van der Waals surface area contributed by atoms with Gasteiger partial charge in [-0.2, -0.15) is 0 Å². The third kappa shape index (κ3) is 4.29. The molecule has 0 saturated carbocycles. The van der Waals surface area contributed by atoms with Gasteiger partial charge in [0.15, 0.2) is 5.58 Å². The third-order valence-corrected chi connectivity index (χ3v) is 6.05. The van der Waals surface area contributed by atoms with Crippen LogP contribution >= 0.6 is 11.8 Å². The van der Waals surface area contributed by atoms with Crippen molar-refractivity contribution in [1.82, 2.24) is 14.8 Å². The van der Waals surface area contributed by atoms with E-state index >= 15 is 0 Å². The van der Waals surface area contributed by atoms with Gasteiger partial charge in [-0.1, -0.05) is 36.0 Å². The zero-order chi connectivity index (χ0) is 20.4. The zero-order valence-corrected chi connectivity index (χ0v) is 17.4. The predicted molar refractivity (Wildman–Crippen MR) is 113 cm³/mol. The Labute approximate surface area is 173 Å². The molecule has 2 heterocycles. The highest BCUT2D eigenvalue weighted by atomic mass is 32.2. The van der Waals surface area contributed by atoms with E-state index in [0.29, 0.717) is 42.7 Å². The Balaban J connectivity index is 1.41. The van der Waals surface area contributed by atoms with E-state index in [4.69, 9.17) is 4.42 Å². The van der Waals surface area contributed by atoms with E-state index in [2.05, 4.69) is 4.98 Å². The minimum Gasteiger partial charge on any atom is -0.431 e. The molecule has 4 rings (SSSR count). The molecule has 2 aromatic carbocycles. The van der Waals surface area contributed by atoms with Gasteiger partial charge in [0.2, 0.25) is 5.91 Å². The van der Waals surface area contributed by atoms with Crippen LogP contribution < -0.4 is 0 Å². The second-order valence-electron chi connectivity index (χ2n) is 7.19. The van der Waals surface area contributed by atoms with Gasteiger partial charge in [0.25, 0.3) is 11.1 Å². The minimum absolute atomic E-state index is 0.0116. The predicted octanol–water partition coefficient (Wildman–Crippen LogP) is 3.73. The van der Waals surface area contributed by atoms with Crippen LogP contribution in [-0.2, 0) is 10.5 Å². The molecule has 0 radical (unpaired) electrons. The van der Waals surface area contributed by atoms with Gasteiger partial charge in [0.1, 0.15) is 5.52 Å². The van der Waals surface area contributed by atoms with Crippen LogP contribution in [0.4, 0.5) is 0 Å². The average Bonchev–Trinajstić information content (AvgIpc) is 3.17. The molecule has 0 bridgehead atoms. The maximum atomic E-state index is 12.8. The molecule has 29 heavy (non-hydrogen) atoms. The summed E-state index contributed by atoms with van der Waals surface area (Å²) in [6.45, 7) is 5.90. The van der Waals surface area contributed by atoms with E-state index in [9.17, 15) is 9.59 Å². The standard InChI is InChI=1S/C22H23N3O3S/c1-15-5-3-8-19-20(15)23-22(28-19)29-14-17-6-4-7-18(13-17)21(27)25-11-9-24(10-12-25)16(2)26/h3-8,13H,9-12,14H2,1-2H3. The highest BCUT2D eigenvalue weighted by Gasteiger charge is 2.23. The van der Waals surface area contributed by atoms with Crippen molar-refractivity contribution in [2.24, 2.45) is 0 Å². The van der Waals surface area contributed by atoms with Crippen molar-refractivity contribution in [2.45, 2.75) is 24.8 Å². The molecule has 1 aliphatic rings. The van der Waals surface area contributed by atoms with Gasteiger partial charge < -0.3 is 14.2 Å². The molecule has 7 heteroatoms. The number of aromatic nitrogens is 1. The van der Waals surface area contributed by atoms with E-state index in [1.54, 1.807) is 11.8 Å². The number of oxazole rings is 1. The van der Waals surface area contributed by atoms with Crippen LogP contribution in [0.5, 0.6) is 0 Å². The molecule has 0 atom stereocenters. The Kier molecular flexibility index (Phi) is 5.58. The Morgan fingerprint density at radius 1 is 1.07 bits per heavy atom. The largest absolute Gasteiger partial charge is 0.431 e. The fraction of sp³-hybridized carbons (Fsp3) is 0.318. The number of nitrogens with zero attached hydrogens (tertiary/aromatic N) is 3. The van der Waals surface area contributed by atoms with E-state index in [1.165, 1.54) is 11.8 Å². The summed E-state index contributed by atoms with van der Waals surface area (Å²) in [7, 11) is 0. The second-order valence-corrected chi connectivity index (χ2v) is 8.12. The molecule has 1 fully saturated rings. The summed E-state index contributed by atoms with van der Waals surface area (Å²) in [6, 6.07) is 13.6. The summed E-state index contributed by atoms with van der Waals surface area (Å²) in [5, 5.41) is 0.631. The number of amides is 2. The Hall–Kier alpha value is -2.80. The first-order chi connectivity index (χ1) is 14.0. The van der Waals surface area contributed by atoms with Crippen LogP contribution in [0.1, 0.15) is 28.4 Å². The number of hydrogen-bond acceptors (Lipinski definition) is 5. The number of benzene rings is 2. The van der Waals surface area contributed by atoms with Gasteiger partial charge >= 0.3 is 0 Å². The molecular formula is C22H23N3O3S. The number of carbonyl (C=O) groups excluding carboxylic acids is 2. The molecule has 0 aliphatic carbocycles. The molecule has 2 amide bonds. The maximum absolute atomic E-state index is 12.8. The Bertz CT molecular complexity index is 1050. The van der Waals surface area contributed by atoms with Crippen LogP contribution in [0.25, 0.3) is 11.1 Å². The van der Waals surface area contributed by atoms with Crippen LogP contribution in [-0.4, -0.2) is 52.8 Å². The van der Waals surface area contributed by atoms with E-state index in [0.717, 1.165) is 22.2 Å². The average molecular weight is 410 g/mol. The van der Waals surface area contributed by atoms with Gasteiger partial charge in [-0.05, 0) is 36.2 Å². The summed E-state index contributed by atoms with van der Waals surface area (Å²) in [6.07, 6.45) is 0. The first kappa shape index (κ1) is 19.5. The zero-order valence-electron chi connectivity index (χ0n) is 16.6. The van der Waals surface area contributed by atoms with Crippen LogP contribution in [0.2, 0.25) is 0 Å². The molecule has 1 aromatic heterocycles. The van der Waals surface area contributed by atoms with Gasteiger partial charge in [0.05, 0.1) is 0 Å². The van der Waals surface area contributed by atoms with Crippen molar-refractivity contribution >= 4 is 34.7 Å². The van der Waals surface area contributed by atoms with E-state index in [-0.39, 0.29) is 11.8 Å². The quantitative estimate of drug-likeness (QED) is 0.614. The molecule has 6 nitrogen and oxygen atoms in total. The van der Waals surface area contributed by atoms with Gasteiger partial charge in [-0.25, -0.2) is 4.98 Å². The number of hydrogen-bond donors (Lipinski definition) is 0. The first-order valence-electron chi connectivity index (χ1n) is 9.64. The van der Waals surface area contributed by atoms with Crippen molar-refractivity contribution in [3.8, 4) is 0 Å². The summed E-state index contributed by atoms with van der Waals surface area (Å²) >= 11 is 1.52. The lowest BCUT2D eigenvalue weighted by atomic mass is 10.1. The molecule has 3 aromatic rings. The number of thioether (sulfide) groups is 1. The molecule has 0 spiro atoms. The Morgan fingerprint density at radius 2 is 1.79 bits per heavy atom. The SMILES string of the molecule is CC(=O)N1CCN(C(=O)c2cccc(CSc3nc4c(C)cccc4o3)c2)CC1. The topological polar surface area (TPSA) is 66.7 Å². The van der Waals surface area contributed by atoms with Crippen molar-refractivity contribution < 1.29 is 14.0 Å². The third-order valence-electron chi connectivity index (χ3n) is 5.15. The molecule has 0 N–H and O–H groups in total. The summed E-state index contributed by atoms with van der Waals surface area (Å²) in [5.41, 5.74) is 4.50. The summed E-state index contributed by atoms with van der Waals surface area (Å²) < 4.78 is 5.82. The fourth-order valence-electron chi connectivity index (χ4n) is 3.47. The monoisotopic (exact) mass is 409 g/mol. The van der Waals surface area contributed by atoms with Crippen molar-refractivity contribution in [3.05, 3.63) is 59.2 Å². The van der Waals surface area contributed by atoms with Gasteiger partial charge in [-0.15, -0.1) is 0 Å². The lowest BCUT2D eigenvalue weighted by Crippen LogP contribution is -2.50. The fourth-order valence-corrected chi connectivity index (χ4v) is 4.25. The lowest BCUT2D eigenvalue weighted by molar-refractivity contribution is -0.130. The molecule has 150 valence electrons. The lowest BCUT2D eigenvalue weighted by Gasteiger charge is -2.34. The van der Waals surface area contributed by atoms with Crippen molar-refractivity contribution in [3.63, 3.8) is 0 Å². The second kappa shape index (κ2) is 8.29. The normalized spacial score (nSPS) is 14.4. The smallest absolute Gasteiger partial charge is 0.257 e. The summed E-state index contributed by atoms with van der Waals surface area (Å²) in [4.78, 5) is 32.5. The van der Waals surface area contributed by atoms with Crippen molar-refractivity contribution in [1.29, 1.82) is 0 Å². The summed E-state index contributed by atoms with van der Waals surface area (Å²) in [5.74, 6) is 0.744. The highest BCUT2D eigenvalue weighted by Crippen LogP contribution is 2.28.